The summed E-state index contributed by atoms with van der Waals surface area (Å²) >= 11 is 6.58. The molecule has 0 aliphatic carbocycles. The molecule has 3 aromatic rings. The van der Waals surface area contributed by atoms with Crippen molar-refractivity contribution < 1.29 is 23.8 Å². The summed E-state index contributed by atoms with van der Waals surface area (Å²) in [6.07, 6.45) is 1.12. The topological polar surface area (TPSA) is 80.3 Å². The minimum absolute atomic E-state index is 0.0732. The van der Waals surface area contributed by atoms with E-state index in [2.05, 4.69) is 50.4 Å². The molecular formula is C39H52ClN3O5. The Kier molecular flexibility index (Phi) is 13.7. The molecule has 1 heterocycles. The molecule has 8 nitrogen and oxygen atoms in total. The predicted molar refractivity (Wildman–Crippen MR) is 193 cm³/mol. The van der Waals surface area contributed by atoms with Crippen molar-refractivity contribution in [2.75, 3.05) is 51.3 Å². The Morgan fingerprint density at radius 1 is 0.979 bits per heavy atom. The zero-order valence-electron chi connectivity index (χ0n) is 29.4. The van der Waals surface area contributed by atoms with Crippen LogP contribution in [0.15, 0.2) is 66.7 Å². The molecule has 48 heavy (non-hydrogen) atoms. The molecule has 9 heteroatoms. The van der Waals surface area contributed by atoms with Crippen LogP contribution in [0, 0.1) is 5.41 Å². The summed E-state index contributed by atoms with van der Waals surface area (Å²) in [7, 11) is 1.61. The van der Waals surface area contributed by atoms with E-state index in [-0.39, 0.29) is 23.7 Å². The number of carbonyl (C=O) groups excluding carboxylic acids is 2. The number of anilines is 1. The van der Waals surface area contributed by atoms with Gasteiger partial charge in [-0.05, 0) is 81.4 Å². The lowest BCUT2D eigenvalue weighted by Crippen LogP contribution is -2.45. The predicted octanol–water partition coefficient (Wildman–Crippen LogP) is 7.47. The molecule has 2 unspecified atom stereocenters. The van der Waals surface area contributed by atoms with Gasteiger partial charge in [0.25, 0.3) is 5.91 Å². The Balaban J connectivity index is 1.57. The monoisotopic (exact) mass is 677 g/mol. The maximum atomic E-state index is 14.3. The second kappa shape index (κ2) is 17.7. The van der Waals surface area contributed by atoms with Crippen molar-refractivity contribution >= 4 is 29.1 Å². The normalized spacial score (nSPS) is 16.3. The fourth-order valence-electron chi connectivity index (χ4n) is 6.09. The number of halogens is 1. The molecule has 0 saturated heterocycles. The van der Waals surface area contributed by atoms with E-state index in [0.29, 0.717) is 54.0 Å². The van der Waals surface area contributed by atoms with Crippen molar-refractivity contribution in [2.45, 2.75) is 72.5 Å². The Bertz CT molecular complexity index is 1490. The summed E-state index contributed by atoms with van der Waals surface area (Å²) < 4.78 is 18.9. The van der Waals surface area contributed by atoms with Crippen LogP contribution in [-0.4, -0.2) is 69.3 Å². The third-order valence-corrected chi connectivity index (χ3v) is 8.66. The van der Waals surface area contributed by atoms with Gasteiger partial charge in [-0.2, -0.15) is 0 Å². The molecule has 4 rings (SSSR count). The highest BCUT2D eigenvalue weighted by atomic mass is 35.5. The van der Waals surface area contributed by atoms with Gasteiger partial charge in [0, 0.05) is 41.5 Å². The number of aryl methyl sites for hydroxylation is 1. The third-order valence-electron chi connectivity index (χ3n) is 8.43. The number of benzene rings is 3. The van der Waals surface area contributed by atoms with Crippen LogP contribution in [0.25, 0.3) is 0 Å². The number of fused-ring (bicyclic) bond motifs is 1. The average Bonchev–Trinajstić information content (AvgIpc) is 3.16. The van der Waals surface area contributed by atoms with Gasteiger partial charge in [-0.3, -0.25) is 9.59 Å². The van der Waals surface area contributed by atoms with Crippen LogP contribution in [-0.2, 0) is 20.7 Å². The fourth-order valence-corrected chi connectivity index (χ4v) is 6.27. The molecule has 1 N–H and O–H groups in total. The largest absolute Gasteiger partial charge is 0.492 e. The summed E-state index contributed by atoms with van der Waals surface area (Å²) in [6.45, 7) is 13.9. The first-order valence-corrected chi connectivity index (χ1v) is 17.5. The van der Waals surface area contributed by atoms with Crippen LogP contribution in [0.3, 0.4) is 0 Å². The van der Waals surface area contributed by atoms with Crippen molar-refractivity contribution in [1.82, 2.24) is 10.2 Å². The van der Waals surface area contributed by atoms with Crippen molar-refractivity contribution in [3.63, 3.8) is 0 Å². The molecule has 0 aromatic heterocycles. The minimum Gasteiger partial charge on any atom is -0.492 e. The number of nitrogens with zero attached hydrogens (tertiary/aromatic N) is 2. The molecule has 0 spiro atoms. The van der Waals surface area contributed by atoms with Crippen LogP contribution < -0.4 is 19.7 Å². The number of ether oxygens (including phenoxy) is 3. The summed E-state index contributed by atoms with van der Waals surface area (Å²) in [5.41, 5.74) is 3.26. The Hall–Kier alpha value is -3.59. The smallest absolute Gasteiger partial charge is 0.256 e. The number of rotatable bonds is 16. The van der Waals surface area contributed by atoms with Gasteiger partial charge in [0.2, 0.25) is 5.91 Å². The highest BCUT2D eigenvalue weighted by Crippen LogP contribution is 2.45. The molecule has 0 fully saturated rings. The number of hydrogen-bond donors (Lipinski definition) is 1. The summed E-state index contributed by atoms with van der Waals surface area (Å²) in [5, 5.41) is 4.03. The first-order valence-electron chi connectivity index (χ1n) is 17.1. The maximum Gasteiger partial charge on any atom is 0.256 e. The second-order valence-electron chi connectivity index (χ2n) is 13.4. The highest BCUT2D eigenvalue weighted by molar-refractivity contribution is 6.30. The maximum absolute atomic E-state index is 14.3. The van der Waals surface area contributed by atoms with Crippen LogP contribution in [0.2, 0.25) is 5.02 Å². The molecule has 2 amide bonds. The first-order chi connectivity index (χ1) is 23.1. The van der Waals surface area contributed by atoms with Gasteiger partial charge in [0.1, 0.15) is 12.2 Å². The highest BCUT2D eigenvalue weighted by Gasteiger charge is 2.40. The molecular weight excluding hydrogens is 626 g/mol. The van der Waals surface area contributed by atoms with E-state index in [1.54, 1.807) is 23.0 Å². The van der Waals surface area contributed by atoms with Crippen molar-refractivity contribution in [3.8, 4) is 11.5 Å². The third kappa shape index (κ3) is 9.97. The van der Waals surface area contributed by atoms with Crippen molar-refractivity contribution in [1.29, 1.82) is 0 Å². The van der Waals surface area contributed by atoms with Crippen LogP contribution in [0.4, 0.5) is 5.69 Å². The number of amides is 2. The number of hydrogen-bond acceptors (Lipinski definition) is 6. The van der Waals surface area contributed by atoms with E-state index in [4.69, 9.17) is 25.8 Å². The standard InChI is InChI=1S/C39H52ClN3O5/c1-7-42(8-2)35(44)26-34-38(45)43(27-39(3,4)5)32-21-20-29(40)25-31(32)36(48-34)30-18-12-19-33(37(30)46-6)47-24-14-23-41-22-13-17-28-15-10-9-11-16-28/h9-12,15-16,18-21,25,34,36,41H,7-8,13-14,17,22-24,26-27H2,1-6H3. The summed E-state index contributed by atoms with van der Waals surface area (Å²) in [4.78, 5) is 31.1. The van der Waals surface area contributed by atoms with Crippen molar-refractivity contribution in [2.24, 2.45) is 5.41 Å². The fraction of sp³-hybridized carbons (Fsp3) is 0.487. The zero-order chi connectivity index (χ0) is 34.7. The second-order valence-corrected chi connectivity index (χ2v) is 13.8. The summed E-state index contributed by atoms with van der Waals surface area (Å²) in [6, 6.07) is 21.7. The SMILES string of the molecule is CCN(CC)C(=O)CC1OC(c2cccc(OCCCNCCCc3ccccc3)c2OC)c2cc(Cl)ccc2N(CC(C)(C)C)C1=O. The lowest BCUT2D eigenvalue weighted by molar-refractivity contribution is -0.142. The van der Waals surface area contributed by atoms with Crippen LogP contribution in [0.1, 0.15) is 76.7 Å². The van der Waals surface area contributed by atoms with E-state index in [1.807, 2.05) is 50.2 Å². The van der Waals surface area contributed by atoms with Crippen LogP contribution >= 0.6 is 11.6 Å². The Labute approximate surface area is 291 Å². The number of carbonyl (C=O) groups is 2. The quantitative estimate of drug-likeness (QED) is 0.159. The molecule has 3 aromatic carbocycles. The average molecular weight is 678 g/mol. The number of para-hydroxylation sites is 1. The van der Waals surface area contributed by atoms with E-state index in [1.165, 1.54) is 5.56 Å². The van der Waals surface area contributed by atoms with E-state index < -0.39 is 12.2 Å². The molecule has 0 bridgehead atoms. The summed E-state index contributed by atoms with van der Waals surface area (Å²) in [5.74, 6) is 0.729. The zero-order valence-corrected chi connectivity index (χ0v) is 30.1. The molecule has 0 saturated carbocycles. The number of methoxy groups -OCH3 is 1. The minimum atomic E-state index is -1.01. The Morgan fingerprint density at radius 2 is 1.71 bits per heavy atom. The lowest BCUT2D eigenvalue weighted by atomic mass is 9.94. The molecule has 1 aliphatic heterocycles. The van der Waals surface area contributed by atoms with Gasteiger partial charge in [-0.1, -0.05) is 74.8 Å². The van der Waals surface area contributed by atoms with E-state index in [0.717, 1.165) is 37.9 Å². The Morgan fingerprint density at radius 3 is 2.40 bits per heavy atom. The van der Waals surface area contributed by atoms with Gasteiger partial charge < -0.3 is 29.3 Å². The lowest BCUT2D eigenvalue weighted by Gasteiger charge is -2.31. The van der Waals surface area contributed by atoms with Gasteiger partial charge in [0.05, 0.1) is 20.1 Å². The van der Waals surface area contributed by atoms with Crippen molar-refractivity contribution in [3.05, 3.63) is 88.4 Å². The van der Waals surface area contributed by atoms with Gasteiger partial charge in [-0.15, -0.1) is 0 Å². The van der Waals surface area contributed by atoms with E-state index >= 15 is 0 Å². The van der Waals surface area contributed by atoms with E-state index in [9.17, 15) is 9.59 Å². The van der Waals surface area contributed by atoms with Gasteiger partial charge >= 0.3 is 0 Å². The molecule has 260 valence electrons. The number of nitrogens with one attached hydrogen (secondary N) is 1. The van der Waals surface area contributed by atoms with Gasteiger partial charge in [0.15, 0.2) is 11.5 Å². The van der Waals surface area contributed by atoms with Crippen LogP contribution in [0.5, 0.6) is 11.5 Å². The molecule has 0 radical (unpaired) electrons. The van der Waals surface area contributed by atoms with Gasteiger partial charge in [-0.25, -0.2) is 0 Å². The first kappa shape index (κ1) is 37.2. The molecule has 2 atom stereocenters. The molecule has 1 aliphatic rings.